The van der Waals surface area contributed by atoms with Gasteiger partial charge in [-0.05, 0) is 6.42 Å². The molecule has 14 heavy (non-hydrogen) atoms. The lowest BCUT2D eigenvalue weighted by Gasteiger charge is -2.04. The fourth-order valence-corrected chi connectivity index (χ4v) is 0.787. The molecule has 7 heteroatoms. The van der Waals surface area contributed by atoms with Crippen LogP contribution in [0.15, 0.2) is 0 Å². The summed E-state index contributed by atoms with van der Waals surface area (Å²) in [7, 11) is 0. The molecule has 1 aromatic rings. The van der Waals surface area contributed by atoms with Gasteiger partial charge in [0.05, 0.1) is 6.61 Å². The van der Waals surface area contributed by atoms with Crippen LogP contribution < -0.4 is 16.9 Å². The molecule has 0 amide bonds. The molecule has 0 aliphatic heterocycles. The van der Waals surface area contributed by atoms with Crippen LogP contribution in [0, 0.1) is 0 Å². The molecule has 0 bridgehead atoms. The Balaban J connectivity index is 2.42. The summed E-state index contributed by atoms with van der Waals surface area (Å²) >= 11 is 0. The van der Waals surface area contributed by atoms with Gasteiger partial charge in [0.15, 0.2) is 0 Å². The molecule has 0 aliphatic rings. The Morgan fingerprint density at radius 2 is 1.86 bits per heavy atom. The lowest BCUT2D eigenvalue weighted by Crippen LogP contribution is -2.10. The van der Waals surface area contributed by atoms with Crippen LogP contribution >= 0.6 is 0 Å². The van der Waals surface area contributed by atoms with Gasteiger partial charge < -0.3 is 11.5 Å². The second-order valence-electron chi connectivity index (χ2n) is 2.68. The number of nitrogens with two attached hydrogens (primary N) is 2. The molecule has 0 saturated carbocycles. The standard InChI is InChI=1S/C7H14N6O/c1-2-3-4-14-13-7-11-5(8)10-6(9)12-7/h2-4H2,1H3,(H5,8,9,10,11,12,13). The molecular formula is C7H14N6O. The maximum Gasteiger partial charge on any atom is 0.253 e. The van der Waals surface area contributed by atoms with Gasteiger partial charge >= 0.3 is 0 Å². The zero-order valence-corrected chi connectivity index (χ0v) is 8.03. The monoisotopic (exact) mass is 198 g/mol. The highest BCUT2D eigenvalue weighted by molar-refractivity contribution is 5.35. The molecule has 5 N–H and O–H groups in total. The van der Waals surface area contributed by atoms with Gasteiger partial charge in [0.25, 0.3) is 5.95 Å². The Kier molecular flexibility index (Phi) is 3.86. The van der Waals surface area contributed by atoms with Crippen LogP contribution in [0.4, 0.5) is 17.8 Å². The van der Waals surface area contributed by atoms with Gasteiger partial charge in [-0.25, -0.2) is 5.48 Å². The minimum absolute atomic E-state index is 0.0686. The predicted molar refractivity (Wildman–Crippen MR) is 53.1 cm³/mol. The third kappa shape index (κ3) is 3.40. The number of unbranched alkanes of at least 4 members (excludes halogenated alkanes) is 1. The van der Waals surface area contributed by atoms with Crippen molar-refractivity contribution < 1.29 is 4.84 Å². The number of nitrogen functional groups attached to an aromatic ring is 2. The highest BCUT2D eigenvalue weighted by Crippen LogP contribution is 2.03. The van der Waals surface area contributed by atoms with Crippen molar-refractivity contribution in [2.75, 3.05) is 23.6 Å². The van der Waals surface area contributed by atoms with Crippen molar-refractivity contribution in [3.05, 3.63) is 0 Å². The van der Waals surface area contributed by atoms with Gasteiger partial charge in [-0.2, -0.15) is 15.0 Å². The van der Waals surface area contributed by atoms with E-state index in [9.17, 15) is 0 Å². The van der Waals surface area contributed by atoms with Gasteiger partial charge in [0.1, 0.15) is 0 Å². The second kappa shape index (κ2) is 5.18. The minimum Gasteiger partial charge on any atom is -0.368 e. The highest BCUT2D eigenvalue weighted by atomic mass is 16.6. The van der Waals surface area contributed by atoms with Crippen LogP contribution in [-0.2, 0) is 4.84 Å². The van der Waals surface area contributed by atoms with Gasteiger partial charge in [-0.1, -0.05) is 13.3 Å². The Morgan fingerprint density at radius 3 is 2.43 bits per heavy atom. The van der Waals surface area contributed by atoms with E-state index in [0.29, 0.717) is 6.61 Å². The van der Waals surface area contributed by atoms with Gasteiger partial charge in [0, 0.05) is 0 Å². The molecule has 0 atom stereocenters. The van der Waals surface area contributed by atoms with E-state index in [2.05, 4.69) is 27.4 Å². The first kappa shape index (κ1) is 10.5. The molecular weight excluding hydrogens is 184 g/mol. The fraction of sp³-hybridized carbons (Fsp3) is 0.571. The third-order valence-corrected chi connectivity index (χ3v) is 1.43. The van der Waals surface area contributed by atoms with E-state index in [4.69, 9.17) is 16.3 Å². The number of nitrogens with zero attached hydrogens (tertiary/aromatic N) is 3. The average Bonchev–Trinajstić information content (AvgIpc) is 2.11. The fourth-order valence-electron chi connectivity index (χ4n) is 0.787. The van der Waals surface area contributed by atoms with Crippen molar-refractivity contribution in [3.8, 4) is 0 Å². The maximum absolute atomic E-state index is 5.35. The largest absolute Gasteiger partial charge is 0.368 e. The predicted octanol–water partition coefficient (Wildman–Crippen LogP) is 0.180. The molecule has 0 spiro atoms. The van der Waals surface area contributed by atoms with Crippen LogP contribution in [0.3, 0.4) is 0 Å². The lowest BCUT2D eigenvalue weighted by atomic mass is 10.4. The lowest BCUT2D eigenvalue weighted by molar-refractivity contribution is 0.187. The topological polar surface area (TPSA) is 112 Å². The summed E-state index contributed by atoms with van der Waals surface area (Å²) in [6, 6.07) is 0. The van der Waals surface area contributed by atoms with Crippen LogP contribution in [0.5, 0.6) is 0 Å². The molecule has 0 saturated heterocycles. The molecule has 1 heterocycles. The zero-order chi connectivity index (χ0) is 10.4. The smallest absolute Gasteiger partial charge is 0.253 e. The van der Waals surface area contributed by atoms with E-state index in [0.717, 1.165) is 12.8 Å². The molecule has 0 fully saturated rings. The van der Waals surface area contributed by atoms with E-state index in [1.54, 1.807) is 0 Å². The van der Waals surface area contributed by atoms with Crippen molar-refractivity contribution in [2.45, 2.75) is 19.8 Å². The first-order chi connectivity index (χ1) is 6.72. The Hall–Kier alpha value is -1.63. The van der Waals surface area contributed by atoms with Crippen molar-refractivity contribution in [3.63, 3.8) is 0 Å². The van der Waals surface area contributed by atoms with E-state index in [1.807, 2.05) is 0 Å². The molecule has 1 aromatic heterocycles. The zero-order valence-electron chi connectivity index (χ0n) is 8.03. The molecule has 78 valence electrons. The molecule has 0 aromatic carbocycles. The van der Waals surface area contributed by atoms with E-state index in [1.165, 1.54) is 0 Å². The Bertz CT molecular complexity index is 271. The molecule has 1 rings (SSSR count). The molecule has 0 radical (unpaired) electrons. The highest BCUT2D eigenvalue weighted by Gasteiger charge is 2.00. The van der Waals surface area contributed by atoms with Crippen LogP contribution in [0.1, 0.15) is 19.8 Å². The van der Waals surface area contributed by atoms with E-state index in [-0.39, 0.29) is 17.8 Å². The quantitative estimate of drug-likeness (QED) is 0.457. The molecule has 0 unspecified atom stereocenters. The number of aromatic nitrogens is 3. The van der Waals surface area contributed by atoms with Gasteiger partial charge in [-0.15, -0.1) is 0 Å². The van der Waals surface area contributed by atoms with Gasteiger partial charge in [-0.3, -0.25) is 4.84 Å². The van der Waals surface area contributed by atoms with Crippen LogP contribution in [0.2, 0.25) is 0 Å². The third-order valence-electron chi connectivity index (χ3n) is 1.43. The second-order valence-corrected chi connectivity index (χ2v) is 2.68. The van der Waals surface area contributed by atoms with E-state index >= 15 is 0 Å². The Labute approximate surface area is 81.8 Å². The minimum atomic E-state index is 0.0686. The van der Waals surface area contributed by atoms with Crippen LogP contribution in [-0.4, -0.2) is 21.6 Å². The summed E-state index contributed by atoms with van der Waals surface area (Å²) in [5.41, 5.74) is 13.2. The Morgan fingerprint density at radius 1 is 1.21 bits per heavy atom. The number of anilines is 3. The summed E-state index contributed by atoms with van der Waals surface area (Å²) in [4.78, 5) is 16.2. The first-order valence-electron chi connectivity index (χ1n) is 4.37. The van der Waals surface area contributed by atoms with E-state index < -0.39 is 0 Å². The molecule has 0 aliphatic carbocycles. The summed E-state index contributed by atoms with van der Waals surface area (Å²) in [6.07, 6.45) is 2.02. The average molecular weight is 198 g/mol. The maximum atomic E-state index is 5.35. The number of rotatable bonds is 5. The van der Waals surface area contributed by atoms with Crippen molar-refractivity contribution in [1.82, 2.24) is 15.0 Å². The number of hydrogen-bond donors (Lipinski definition) is 3. The van der Waals surface area contributed by atoms with Crippen molar-refractivity contribution >= 4 is 17.8 Å². The normalized spacial score (nSPS) is 10.1. The van der Waals surface area contributed by atoms with Gasteiger partial charge in [0.2, 0.25) is 11.9 Å². The summed E-state index contributed by atoms with van der Waals surface area (Å²) < 4.78 is 0. The summed E-state index contributed by atoms with van der Waals surface area (Å²) in [5.74, 6) is 0.365. The SMILES string of the molecule is CCCCONc1nc(N)nc(N)n1. The van der Waals surface area contributed by atoms with Crippen molar-refractivity contribution in [2.24, 2.45) is 0 Å². The number of hydrogen-bond acceptors (Lipinski definition) is 7. The molecule has 7 nitrogen and oxygen atoms in total. The summed E-state index contributed by atoms with van der Waals surface area (Å²) in [5, 5.41) is 0. The van der Waals surface area contributed by atoms with Crippen molar-refractivity contribution in [1.29, 1.82) is 0 Å². The van der Waals surface area contributed by atoms with Crippen LogP contribution in [0.25, 0.3) is 0 Å². The number of nitrogens with one attached hydrogen (secondary N) is 1. The summed E-state index contributed by atoms with van der Waals surface area (Å²) in [6.45, 7) is 2.66. The first-order valence-corrected chi connectivity index (χ1v) is 4.37.